The molecule has 1 unspecified atom stereocenters. The third-order valence-corrected chi connectivity index (χ3v) is 3.39. The highest BCUT2D eigenvalue weighted by Gasteiger charge is 2.39. The molecule has 0 bridgehead atoms. The minimum atomic E-state index is -0.623. The molecule has 1 saturated heterocycles. The molecule has 1 aliphatic heterocycles. The highest BCUT2D eigenvalue weighted by Crippen LogP contribution is 2.25. The highest BCUT2D eigenvalue weighted by atomic mass is 16.6. The van der Waals surface area contributed by atoms with Crippen molar-refractivity contribution in [1.29, 1.82) is 0 Å². The van der Waals surface area contributed by atoms with Crippen molar-refractivity contribution in [3.63, 3.8) is 0 Å². The highest BCUT2D eigenvalue weighted by molar-refractivity contribution is 5.80. The van der Waals surface area contributed by atoms with Gasteiger partial charge in [0.1, 0.15) is 11.6 Å². The van der Waals surface area contributed by atoms with Crippen LogP contribution in [0.5, 0.6) is 0 Å². The van der Waals surface area contributed by atoms with Crippen molar-refractivity contribution in [2.75, 3.05) is 26.4 Å². The minimum Gasteiger partial charge on any atom is -0.465 e. The van der Waals surface area contributed by atoms with Gasteiger partial charge in [0, 0.05) is 12.6 Å². The molecule has 1 aliphatic carbocycles. The topological polar surface area (TPSA) is 56.8 Å². The van der Waals surface area contributed by atoms with Gasteiger partial charge in [-0.25, -0.2) is 0 Å². The Balaban J connectivity index is 1.79. The van der Waals surface area contributed by atoms with Gasteiger partial charge in [0.15, 0.2) is 0 Å². The summed E-state index contributed by atoms with van der Waals surface area (Å²) in [5.74, 6) is -0.176. The molecule has 1 atom stereocenters. The van der Waals surface area contributed by atoms with Crippen LogP contribution in [0.25, 0.3) is 0 Å². The normalized spacial score (nSPS) is 23.2. The van der Waals surface area contributed by atoms with E-state index in [2.05, 4.69) is 5.32 Å². The molecule has 18 heavy (non-hydrogen) atoms. The molecular formula is C13H23NO4. The van der Waals surface area contributed by atoms with Gasteiger partial charge in [-0.1, -0.05) is 0 Å². The Hall–Kier alpha value is -0.650. The Kier molecular flexibility index (Phi) is 4.59. The summed E-state index contributed by atoms with van der Waals surface area (Å²) in [5.41, 5.74) is -0.623. The monoisotopic (exact) mass is 257 g/mol. The quantitative estimate of drug-likeness (QED) is 0.654. The van der Waals surface area contributed by atoms with Gasteiger partial charge in [-0.15, -0.1) is 0 Å². The van der Waals surface area contributed by atoms with Gasteiger partial charge in [0.2, 0.25) is 0 Å². The van der Waals surface area contributed by atoms with Gasteiger partial charge >= 0.3 is 5.97 Å². The molecule has 0 aromatic rings. The first-order valence-corrected chi connectivity index (χ1v) is 6.78. The Morgan fingerprint density at radius 2 is 2.17 bits per heavy atom. The smallest absolute Gasteiger partial charge is 0.326 e. The number of carbonyl (C=O) groups excluding carboxylic acids is 1. The standard InChI is InChI=1S/C13H23NO4/c1-3-17-12(15)13(2,14-10-4-5-10)6-7-18-11-8-16-9-11/h10-11,14H,3-9H2,1-2H3. The van der Waals surface area contributed by atoms with Crippen molar-refractivity contribution in [3.05, 3.63) is 0 Å². The van der Waals surface area contributed by atoms with Gasteiger partial charge < -0.3 is 14.2 Å². The van der Waals surface area contributed by atoms with Gasteiger partial charge in [-0.2, -0.15) is 0 Å². The van der Waals surface area contributed by atoms with Gasteiger partial charge in [-0.3, -0.25) is 10.1 Å². The molecule has 2 fully saturated rings. The summed E-state index contributed by atoms with van der Waals surface area (Å²) in [5, 5.41) is 3.38. The lowest BCUT2D eigenvalue weighted by atomic mass is 9.98. The lowest BCUT2D eigenvalue weighted by Crippen LogP contribution is -2.52. The Morgan fingerprint density at radius 1 is 1.44 bits per heavy atom. The fourth-order valence-electron chi connectivity index (χ4n) is 1.94. The average molecular weight is 257 g/mol. The summed E-state index contributed by atoms with van der Waals surface area (Å²) in [4.78, 5) is 12.0. The third-order valence-electron chi connectivity index (χ3n) is 3.39. The van der Waals surface area contributed by atoms with E-state index in [-0.39, 0.29) is 12.1 Å². The molecule has 2 rings (SSSR count). The molecule has 5 nitrogen and oxygen atoms in total. The van der Waals surface area contributed by atoms with Gasteiger partial charge in [0.05, 0.1) is 19.8 Å². The van der Waals surface area contributed by atoms with E-state index < -0.39 is 5.54 Å². The Labute approximate surface area is 108 Å². The van der Waals surface area contributed by atoms with Crippen molar-refractivity contribution < 1.29 is 19.0 Å². The molecule has 1 heterocycles. The van der Waals surface area contributed by atoms with Crippen LogP contribution >= 0.6 is 0 Å². The zero-order valence-electron chi connectivity index (χ0n) is 11.2. The maximum Gasteiger partial charge on any atom is 0.326 e. The van der Waals surface area contributed by atoms with Crippen molar-refractivity contribution in [2.24, 2.45) is 0 Å². The van der Waals surface area contributed by atoms with Crippen LogP contribution in [0.15, 0.2) is 0 Å². The van der Waals surface area contributed by atoms with Crippen molar-refractivity contribution >= 4 is 5.97 Å². The van der Waals surface area contributed by atoms with Crippen LogP contribution < -0.4 is 5.32 Å². The predicted octanol–water partition coefficient (Wildman–Crippen LogP) is 0.866. The molecule has 0 amide bonds. The van der Waals surface area contributed by atoms with Gasteiger partial charge in [0.25, 0.3) is 0 Å². The molecular weight excluding hydrogens is 234 g/mol. The lowest BCUT2D eigenvalue weighted by molar-refractivity contribution is -0.155. The number of nitrogens with one attached hydrogen (secondary N) is 1. The number of rotatable bonds is 8. The first-order valence-electron chi connectivity index (χ1n) is 6.78. The fraction of sp³-hybridized carbons (Fsp3) is 0.923. The summed E-state index contributed by atoms with van der Waals surface area (Å²) in [6, 6.07) is 0.464. The second kappa shape index (κ2) is 5.99. The summed E-state index contributed by atoms with van der Waals surface area (Å²) in [6.45, 7) is 6.06. The summed E-state index contributed by atoms with van der Waals surface area (Å²) in [7, 11) is 0. The second-order valence-corrected chi connectivity index (χ2v) is 5.25. The van der Waals surface area contributed by atoms with E-state index in [1.807, 2.05) is 13.8 Å². The SMILES string of the molecule is CCOC(=O)C(C)(CCOC1COC1)NC1CC1. The van der Waals surface area contributed by atoms with E-state index in [0.29, 0.717) is 38.9 Å². The number of carbonyl (C=O) groups is 1. The summed E-state index contributed by atoms with van der Waals surface area (Å²) >= 11 is 0. The van der Waals surface area contributed by atoms with Gasteiger partial charge in [-0.05, 0) is 33.1 Å². The summed E-state index contributed by atoms with van der Waals surface area (Å²) in [6.07, 6.45) is 3.13. The molecule has 104 valence electrons. The Morgan fingerprint density at radius 3 is 2.67 bits per heavy atom. The molecule has 1 N–H and O–H groups in total. The van der Waals surface area contributed by atoms with Crippen LogP contribution in [-0.2, 0) is 19.0 Å². The van der Waals surface area contributed by atoms with E-state index in [4.69, 9.17) is 14.2 Å². The molecule has 2 aliphatic rings. The van der Waals surface area contributed by atoms with Crippen molar-refractivity contribution in [3.8, 4) is 0 Å². The van der Waals surface area contributed by atoms with Crippen molar-refractivity contribution in [2.45, 2.75) is 50.8 Å². The van der Waals surface area contributed by atoms with E-state index in [9.17, 15) is 4.79 Å². The average Bonchev–Trinajstić information content (AvgIpc) is 3.06. The molecule has 0 aromatic carbocycles. The third kappa shape index (κ3) is 3.67. The predicted molar refractivity (Wildman–Crippen MR) is 66.4 cm³/mol. The molecule has 0 spiro atoms. The zero-order valence-corrected chi connectivity index (χ0v) is 11.2. The van der Waals surface area contributed by atoms with E-state index in [1.54, 1.807) is 0 Å². The van der Waals surface area contributed by atoms with Crippen LogP contribution in [0.2, 0.25) is 0 Å². The molecule has 0 radical (unpaired) electrons. The van der Waals surface area contributed by atoms with E-state index in [0.717, 1.165) is 12.8 Å². The van der Waals surface area contributed by atoms with Crippen LogP contribution in [-0.4, -0.2) is 50.1 Å². The fourth-order valence-corrected chi connectivity index (χ4v) is 1.94. The van der Waals surface area contributed by atoms with Crippen molar-refractivity contribution in [1.82, 2.24) is 5.32 Å². The van der Waals surface area contributed by atoms with Crippen LogP contribution in [0, 0.1) is 0 Å². The maximum absolute atomic E-state index is 12.0. The number of hydrogen-bond acceptors (Lipinski definition) is 5. The number of ether oxygens (including phenoxy) is 3. The van der Waals surface area contributed by atoms with Crippen LogP contribution in [0.3, 0.4) is 0 Å². The molecule has 1 saturated carbocycles. The number of hydrogen-bond donors (Lipinski definition) is 1. The number of esters is 1. The van der Waals surface area contributed by atoms with E-state index in [1.165, 1.54) is 0 Å². The maximum atomic E-state index is 12.0. The largest absolute Gasteiger partial charge is 0.465 e. The lowest BCUT2D eigenvalue weighted by Gasteiger charge is -2.31. The first-order chi connectivity index (χ1) is 8.64. The second-order valence-electron chi connectivity index (χ2n) is 5.25. The zero-order chi connectivity index (χ0) is 13.0. The summed E-state index contributed by atoms with van der Waals surface area (Å²) < 4.78 is 15.8. The Bertz CT molecular complexity index is 289. The molecule has 0 aromatic heterocycles. The van der Waals surface area contributed by atoms with Crippen LogP contribution in [0.1, 0.15) is 33.1 Å². The van der Waals surface area contributed by atoms with Crippen LogP contribution in [0.4, 0.5) is 0 Å². The van der Waals surface area contributed by atoms with E-state index >= 15 is 0 Å². The minimum absolute atomic E-state index is 0.176. The first kappa shape index (κ1) is 13.8. The molecule has 5 heteroatoms.